The molecule has 168 valence electrons. The molecule has 6 nitrogen and oxygen atoms in total. The summed E-state index contributed by atoms with van der Waals surface area (Å²) < 4.78 is 11.7. The van der Waals surface area contributed by atoms with Crippen molar-refractivity contribution in [2.45, 2.75) is 13.8 Å². The summed E-state index contributed by atoms with van der Waals surface area (Å²) in [5, 5.41) is 0. The van der Waals surface area contributed by atoms with E-state index >= 15 is 0 Å². The third-order valence-electron chi connectivity index (χ3n) is 5.76. The fourth-order valence-electron chi connectivity index (χ4n) is 3.81. The number of nitrogens with zero attached hydrogens (tertiary/aromatic N) is 1. The largest absolute Gasteiger partial charge is 0.457 e. The molecule has 5 rings (SSSR count). The Balaban J connectivity index is 1.36. The smallest absolute Gasteiger partial charge is 0.266 e. The minimum absolute atomic E-state index is 0.293. The molecule has 0 radical (unpaired) electrons. The zero-order chi connectivity index (χ0) is 23.8. The van der Waals surface area contributed by atoms with Crippen LogP contribution in [0, 0.1) is 13.8 Å². The number of rotatable bonds is 5. The van der Waals surface area contributed by atoms with Crippen molar-refractivity contribution < 1.29 is 19.1 Å². The zero-order valence-electron chi connectivity index (χ0n) is 18.7. The molecule has 1 aliphatic heterocycles. The first-order valence-corrected chi connectivity index (χ1v) is 10.8. The molecule has 1 aliphatic rings. The lowest BCUT2D eigenvalue weighted by Gasteiger charge is -2.15. The van der Waals surface area contributed by atoms with Gasteiger partial charge < -0.3 is 15.2 Å². The molecule has 0 saturated heterocycles. The topological polar surface area (TPSA) is 81.9 Å². The SMILES string of the molecule is Cc1ccc(Oc2ccc(N3C(=O)c4ccc(Oc5cccc(N)c5)cc4C3=O)cc2)cc1C. The molecule has 6 heteroatoms. The van der Waals surface area contributed by atoms with Crippen molar-refractivity contribution in [3.8, 4) is 23.0 Å². The summed E-state index contributed by atoms with van der Waals surface area (Å²) in [4.78, 5) is 27.3. The summed E-state index contributed by atoms with van der Waals surface area (Å²) in [5.41, 5.74) is 9.79. The first-order chi connectivity index (χ1) is 16.4. The summed E-state index contributed by atoms with van der Waals surface area (Å²) >= 11 is 0. The molecule has 0 aromatic heterocycles. The lowest BCUT2D eigenvalue weighted by molar-refractivity contribution is 0.0926. The van der Waals surface area contributed by atoms with Crippen LogP contribution in [0.25, 0.3) is 0 Å². The van der Waals surface area contributed by atoms with Gasteiger partial charge in [-0.15, -0.1) is 0 Å². The maximum absolute atomic E-state index is 13.1. The van der Waals surface area contributed by atoms with Crippen LogP contribution >= 0.6 is 0 Å². The van der Waals surface area contributed by atoms with Crippen molar-refractivity contribution in [3.05, 3.63) is 107 Å². The Morgan fingerprint density at radius 3 is 1.97 bits per heavy atom. The molecular weight excluding hydrogens is 428 g/mol. The van der Waals surface area contributed by atoms with Gasteiger partial charge in [0.2, 0.25) is 0 Å². The lowest BCUT2D eigenvalue weighted by Crippen LogP contribution is -2.29. The van der Waals surface area contributed by atoms with E-state index in [0.29, 0.717) is 39.8 Å². The van der Waals surface area contributed by atoms with Crippen LogP contribution in [0.5, 0.6) is 23.0 Å². The predicted octanol–water partition coefficient (Wildman–Crippen LogP) is 6.27. The second-order valence-corrected chi connectivity index (χ2v) is 8.17. The van der Waals surface area contributed by atoms with Gasteiger partial charge in [-0.25, -0.2) is 4.90 Å². The van der Waals surface area contributed by atoms with Crippen molar-refractivity contribution in [2.75, 3.05) is 10.6 Å². The van der Waals surface area contributed by atoms with Gasteiger partial charge >= 0.3 is 0 Å². The molecule has 0 saturated carbocycles. The highest BCUT2D eigenvalue weighted by atomic mass is 16.5. The third-order valence-corrected chi connectivity index (χ3v) is 5.76. The number of aryl methyl sites for hydroxylation is 2. The number of anilines is 2. The average molecular weight is 450 g/mol. The van der Waals surface area contributed by atoms with Gasteiger partial charge in [-0.3, -0.25) is 9.59 Å². The van der Waals surface area contributed by atoms with Crippen molar-refractivity contribution in [3.63, 3.8) is 0 Å². The molecule has 34 heavy (non-hydrogen) atoms. The van der Waals surface area contributed by atoms with Crippen LogP contribution in [0.4, 0.5) is 11.4 Å². The highest BCUT2D eigenvalue weighted by Crippen LogP contribution is 2.34. The number of carbonyl (C=O) groups is 2. The summed E-state index contributed by atoms with van der Waals surface area (Å²) in [5.74, 6) is 1.56. The Labute approximate surface area is 197 Å². The Hall–Kier alpha value is -4.58. The van der Waals surface area contributed by atoms with Crippen molar-refractivity contribution >= 4 is 23.2 Å². The zero-order valence-corrected chi connectivity index (χ0v) is 18.7. The van der Waals surface area contributed by atoms with E-state index < -0.39 is 5.91 Å². The second kappa shape index (κ2) is 8.41. The van der Waals surface area contributed by atoms with Crippen LogP contribution in [0.15, 0.2) is 84.9 Å². The van der Waals surface area contributed by atoms with Crippen molar-refractivity contribution in [1.82, 2.24) is 0 Å². The molecule has 0 unspecified atom stereocenters. The number of carbonyl (C=O) groups excluding carboxylic acids is 2. The number of ether oxygens (including phenoxy) is 2. The summed E-state index contributed by atoms with van der Waals surface area (Å²) in [6.45, 7) is 4.07. The van der Waals surface area contributed by atoms with E-state index in [1.807, 2.05) is 32.0 Å². The number of amides is 2. The van der Waals surface area contributed by atoms with Gasteiger partial charge in [0.05, 0.1) is 16.8 Å². The van der Waals surface area contributed by atoms with Crippen LogP contribution in [0.2, 0.25) is 0 Å². The maximum Gasteiger partial charge on any atom is 0.266 e. The number of hydrogen-bond donors (Lipinski definition) is 1. The standard InChI is InChI=1S/C28H22N2O4/c1-17-6-9-23(14-18(17)2)33-21-10-7-20(8-11-21)30-27(31)25-13-12-24(16-26(25)28(30)32)34-22-5-3-4-19(29)15-22/h3-16H,29H2,1-2H3. The Morgan fingerprint density at radius 2 is 1.24 bits per heavy atom. The normalized spacial score (nSPS) is 12.6. The Kier molecular flexibility index (Phi) is 5.26. The highest BCUT2D eigenvalue weighted by Gasteiger charge is 2.37. The first kappa shape index (κ1) is 21.3. The fourth-order valence-corrected chi connectivity index (χ4v) is 3.81. The highest BCUT2D eigenvalue weighted by molar-refractivity contribution is 6.34. The van der Waals surface area contributed by atoms with Crippen molar-refractivity contribution in [1.29, 1.82) is 0 Å². The van der Waals surface area contributed by atoms with Gasteiger partial charge in [0, 0.05) is 11.8 Å². The molecule has 1 heterocycles. The maximum atomic E-state index is 13.1. The Morgan fingerprint density at radius 1 is 0.618 bits per heavy atom. The van der Waals surface area contributed by atoms with E-state index in [1.54, 1.807) is 66.7 Å². The summed E-state index contributed by atoms with van der Waals surface area (Å²) in [6.07, 6.45) is 0. The van der Waals surface area contributed by atoms with Crippen LogP contribution in [0.1, 0.15) is 31.8 Å². The van der Waals surface area contributed by atoms with E-state index in [-0.39, 0.29) is 5.91 Å². The van der Waals surface area contributed by atoms with Gasteiger partial charge in [-0.2, -0.15) is 0 Å². The summed E-state index contributed by atoms with van der Waals surface area (Å²) in [6, 6.07) is 24.6. The molecule has 4 aromatic rings. The molecule has 0 spiro atoms. The molecule has 0 fully saturated rings. The molecule has 0 bridgehead atoms. The fraction of sp³-hybridized carbons (Fsp3) is 0.0714. The van der Waals surface area contributed by atoms with E-state index in [1.165, 1.54) is 5.56 Å². The minimum atomic E-state index is -0.402. The molecular formula is C28H22N2O4. The second-order valence-electron chi connectivity index (χ2n) is 8.17. The molecule has 2 N–H and O–H groups in total. The minimum Gasteiger partial charge on any atom is -0.457 e. The predicted molar refractivity (Wildman–Crippen MR) is 131 cm³/mol. The Bertz CT molecular complexity index is 1430. The molecule has 4 aromatic carbocycles. The van der Waals surface area contributed by atoms with Gasteiger partial charge in [0.15, 0.2) is 0 Å². The van der Waals surface area contributed by atoms with Crippen molar-refractivity contribution in [2.24, 2.45) is 0 Å². The number of imide groups is 1. The van der Waals surface area contributed by atoms with Crippen LogP contribution in [0.3, 0.4) is 0 Å². The lowest BCUT2D eigenvalue weighted by atomic mass is 10.1. The quantitative estimate of drug-likeness (QED) is 0.286. The number of nitrogens with two attached hydrogens (primary N) is 1. The molecule has 0 aliphatic carbocycles. The molecule has 2 amide bonds. The molecule has 0 atom stereocenters. The van der Waals surface area contributed by atoms with E-state index in [2.05, 4.69) is 0 Å². The number of hydrogen-bond acceptors (Lipinski definition) is 5. The monoisotopic (exact) mass is 450 g/mol. The van der Waals surface area contributed by atoms with E-state index in [0.717, 1.165) is 16.2 Å². The van der Waals surface area contributed by atoms with E-state index in [4.69, 9.17) is 15.2 Å². The van der Waals surface area contributed by atoms with Gasteiger partial charge in [0.1, 0.15) is 23.0 Å². The number of benzene rings is 4. The third kappa shape index (κ3) is 3.97. The first-order valence-electron chi connectivity index (χ1n) is 10.8. The van der Waals surface area contributed by atoms with E-state index in [9.17, 15) is 9.59 Å². The average Bonchev–Trinajstić information content (AvgIpc) is 3.06. The van der Waals surface area contributed by atoms with Gasteiger partial charge in [-0.05, 0) is 91.7 Å². The number of fused-ring (bicyclic) bond motifs is 1. The number of nitrogen functional groups attached to an aromatic ring is 1. The van der Waals surface area contributed by atoms with Gasteiger partial charge in [-0.1, -0.05) is 12.1 Å². The van der Waals surface area contributed by atoms with Crippen LogP contribution in [-0.4, -0.2) is 11.8 Å². The van der Waals surface area contributed by atoms with Gasteiger partial charge in [0.25, 0.3) is 11.8 Å². The van der Waals surface area contributed by atoms with Crippen LogP contribution in [-0.2, 0) is 0 Å². The summed E-state index contributed by atoms with van der Waals surface area (Å²) in [7, 11) is 0. The van der Waals surface area contributed by atoms with Crippen LogP contribution < -0.4 is 20.1 Å².